The summed E-state index contributed by atoms with van der Waals surface area (Å²) in [5.74, 6) is 4.97. The van der Waals surface area contributed by atoms with Crippen LogP contribution in [0.2, 0.25) is 0 Å². The maximum atomic E-state index is 2.52. The van der Waals surface area contributed by atoms with Crippen molar-refractivity contribution < 1.29 is 0 Å². The van der Waals surface area contributed by atoms with Crippen LogP contribution in [0, 0.1) is 0 Å². The standard InChI is InChI=1S/C18H38P2/c1-3-5-7-9-11-13-15-17-19-20-18-16-14-12-10-8-6-4-2/h15-19H,3-14H2,1-2,20H3/b17-15+,18-16+. The third kappa shape index (κ3) is 18.3. The van der Waals surface area contributed by atoms with Crippen molar-refractivity contribution in [3.63, 3.8) is 0 Å². The van der Waals surface area contributed by atoms with Crippen LogP contribution in [0.4, 0.5) is 0 Å². The Labute approximate surface area is 131 Å². The average Bonchev–Trinajstić information content (AvgIpc) is 2.47. The van der Waals surface area contributed by atoms with Gasteiger partial charge in [0.15, 0.2) is 0 Å². The van der Waals surface area contributed by atoms with Crippen LogP contribution in [0.15, 0.2) is 23.8 Å². The van der Waals surface area contributed by atoms with E-state index in [0.29, 0.717) is 0 Å². The summed E-state index contributed by atoms with van der Waals surface area (Å²) in [5.41, 5.74) is 0. The van der Waals surface area contributed by atoms with Gasteiger partial charge in [0.05, 0.1) is 0 Å². The molecule has 0 aromatic rings. The van der Waals surface area contributed by atoms with Crippen molar-refractivity contribution in [2.45, 2.75) is 90.9 Å². The molecule has 0 spiro atoms. The molecule has 0 aromatic heterocycles. The Kier molecular flexibility index (Phi) is 19.7. The molecule has 120 valence electrons. The minimum absolute atomic E-state index is 0.0803. The molecule has 0 radical (unpaired) electrons. The van der Waals surface area contributed by atoms with Gasteiger partial charge < -0.3 is 0 Å². The van der Waals surface area contributed by atoms with E-state index in [-0.39, 0.29) is 8.27 Å². The van der Waals surface area contributed by atoms with Crippen molar-refractivity contribution in [2.75, 3.05) is 0 Å². The van der Waals surface area contributed by atoms with E-state index in [1.54, 1.807) is 0 Å². The van der Waals surface area contributed by atoms with Crippen LogP contribution in [0.3, 0.4) is 0 Å². The van der Waals surface area contributed by atoms with Crippen LogP contribution in [0.1, 0.15) is 90.9 Å². The predicted molar refractivity (Wildman–Crippen MR) is 104 cm³/mol. The number of allylic oxidation sites excluding steroid dienone is 2. The van der Waals surface area contributed by atoms with Gasteiger partial charge in [-0.25, -0.2) is 0 Å². The Morgan fingerprint density at radius 3 is 1.85 bits per heavy atom. The summed E-state index contributed by atoms with van der Waals surface area (Å²) in [6, 6.07) is 0. The van der Waals surface area contributed by atoms with Gasteiger partial charge in [-0.05, 0) is 0 Å². The van der Waals surface area contributed by atoms with Crippen LogP contribution in [-0.2, 0) is 0 Å². The van der Waals surface area contributed by atoms with Gasteiger partial charge in [-0.1, -0.05) is 0 Å². The molecule has 1 unspecified atom stereocenters. The van der Waals surface area contributed by atoms with E-state index in [2.05, 4.69) is 37.6 Å². The third-order valence-corrected chi connectivity index (χ3v) is 6.98. The summed E-state index contributed by atoms with van der Waals surface area (Å²) < 4.78 is 0. The molecule has 0 N–H and O–H groups in total. The molecule has 0 heterocycles. The second-order valence-electron chi connectivity index (χ2n) is 5.69. The summed E-state index contributed by atoms with van der Waals surface area (Å²) in [6.45, 7) is 4.57. The first-order valence-electron chi connectivity index (χ1n) is 8.95. The average molecular weight is 316 g/mol. The fourth-order valence-corrected chi connectivity index (χ4v) is 5.06. The van der Waals surface area contributed by atoms with Gasteiger partial charge in [0.1, 0.15) is 0 Å². The maximum absolute atomic E-state index is 2.52. The Balaban J connectivity index is 3.13. The zero-order valence-corrected chi connectivity index (χ0v) is 16.4. The zero-order chi connectivity index (χ0) is 14.7. The first kappa shape index (κ1) is 20.3. The van der Waals surface area contributed by atoms with Crippen molar-refractivity contribution in [1.29, 1.82) is 0 Å². The molecule has 0 saturated carbocycles. The van der Waals surface area contributed by atoms with Crippen molar-refractivity contribution in [3.05, 3.63) is 23.8 Å². The molecular formula is C18H38P2. The van der Waals surface area contributed by atoms with Gasteiger partial charge >= 0.3 is 131 Å². The molecule has 1 atom stereocenters. The molecule has 0 amide bonds. The van der Waals surface area contributed by atoms with Crippen molar-refractivity contribution in [3.8, 4) is 0 Å². The van der Waals surface area contributed by atoms with Crippen LogP contribution in [-0.4, -0.2) is 0 Å². The van der Waals surface area contributed by atoms with Crippen LogP contribution in [0.5, 0.6) is 0 Å². The number of hydrogen-bond acceptors (Lipinski definition) is 0. The molecule has 0 aliphatic heterocycles. The molecule has 0 rings (SSSR count). The van der Waals surface area contributed by atoms with E-state index in [4.69, 9.17) is 0 Å². The SMILES string of the molecule is CCCCCCC/C=C/P[PH3]/C=C/CCCCCCC. The summed E-state index contributed by atoms with van der Waals surface area (Å²) >= 11 is 0. The molecular weight excluding hydrogens is 278 g/mol. The Hall–Kier alpha value is 0.340. The minimum atomic E-state index is 0.0803. The quantitative estimate of drug-likeness (QED) is 0.217. The van der Waals surface area contributed by atoms with Gasteiger partial charge in [-0.2, -0.15) is 0 Å². The second kappa shape index (κ2) is 19.3. The van der Waals surface area contributed by atoms with Crippen LogP contribution >= 0.6 is 16.5 Å². The van der Waals surface area contributed by atoms with E-state index < -0.39 is 0 Å². The van der Waals surface area contributed by atoms with Crippen molar-refractivity contribution in [1.82, 2.24) is 0 Å². The second-order valence-corrected chi connectivity index (χ2v) is 9.76. The van der Waals surface area contributed by atoms with Crippen molar-refractivity contribution >= 4 is 16.5 Å². The van der Waals surface area contributed by atoms with Gasteiger partial charge in [0.2, 0.25) is 0 Å². The summed E-state index contributed by atoms with van der Waals surface area (Å²) in [7, 11) is 1.21. The number of rotatable bonds is 15. The monoisotopic (exact) mass is 316 g/mol. The molecule has 0 aromatic carbocycles. The number of unbranched alkanes of at least 4 members (excludes halogenated alkanes) is 10. The number of hydrogen-bond donors (Lipinski definition) is 0. The van der Waals surface area contributed by atoms with Gasteiger partial charge in [-0.15, -0.1) is 0 Å². The molecule has 0 fully saturated rings. The Morgan fingerprint density at radius 1 is 0.700 bits per heavy atom. The first-order chi connectivity index (χ1) is 9.91. The fourth-order valence-electron chi connectivity index (χ4n) is 2.24. The van der Waals surface area contributed by atoms with Gasteiger partial charge in [0, 0.05) is 0 Å². The molecule has 0 aliphatic carbocycles. The van der Waals surface area contributed by atoms with E-state index in [0.717, 1.165) is 8.27 Å². The molecule has 20 heavy (non-hydrogen) atoms. The van der Waals surface area contributed by atoms with Gasteiger partial charge in [0.25, 0.3) is 0 Å². The third-order valence-electron chi connectivity index (χ3n) is 3.59. The van der Waals surface area contributed by atoms with E-state index in [1.165, 1.54) is 77.0 Å². The molecule has 0 nitrogen and oxygen atoms in total. The first-order valence-corrected chi connectivity index (χ1v) is 13.2. The van der Waals surface area contributed by atoms with E-state index >= 15 is 0 Å². The van der Waals surface area contributed by atoms with Crippen LogP contribution in [0.25, 0.3) is 0 Å². The molecule has 0 aliphatic rings. The van der Waals surface area contributed by atoms with E-state index in [1.807, 2.05) is 0 Å². The predicted octanol–water partition coefficient (Wildman–Crippen LogP) is 7.47. The van der Waals surface area contributed by atoms with Crippen LogP contribution < -0.4 is 0 Å². The summed E-state index contributed by atoms with van der Waals surface area (Å²) in [6.07, 6.45) is 21.6. The summed E-state index contributed by atoms with van der Waals surface area (Å²) in [5, 5.41) is 0. The topological polar surface area (TPSA) is 0 Å². The molecule has 0 bridgehead atoms. The zero-order valence-electron chi connectivity index (χ0n) is 14.0. The summed E-state index contributed by atoms with van der Waals surface area (Å²) in [4.78, 5) is 0. The van der Waals surface area contributed by atoms with Gasteiger partial charge in [-0.3, -0.25) is 0 Å². The van der Waals surface area contributed by atoms with E-state index in [9.17, 15) is 0 Å². The van der Waals surface area contributed by atoms with Crippen molar-refractivity contribution in [2.24, 2.45) is 0 Å². The molecule has 2 heteroatoms. The Morgan fingerprint density at radius 2 is 1.25 bits per heavy atom. The fraction of sp³-hybridized carbons (Fsp3) is 0.778. The molecule has 0 saturated heterocycles. The normalized spacial score (nSPS) is 12.7. The Bertz CT molecular complexity index is 197.